The van der Waals surface area contributed by atoms with Crippen LogP contribution in [-0.2, 0) is 4.79 Å². The van der Waals surface area contributed by atoms with Crippen molar-refractivity contribution in [2.24, 2.45) is 5.92 Å². The number of rotatable bonds is 2. The average Bonchev–Trinajstić information content (AvgIpc) is 2.30. The molecule has 2 rings (SSSR count). The third-order valence-electron chi connectivity index (χ3n) is 3.23. The van der Waals surface area contributed by atoms with Gasteiger partial charge in [0.1, 0.15) is 11.6 Å². The van der Waals surface area contributed by atoms with Crippen LogP contribution in [0.1, 0.15) is 19.8 Å². The summed E-state index contributed by atoms with van der Waals surface area (Å²) in [4.78, 5) is 17.0. The lowest BCUT2D eigenvalue weighted by atomic mass is 9.92. The van der Waals surface area contributed by atoms with Gasteiger partial charge in [0.05, 0.1) is 12.1 Å². The van der Waals surface area contributed by atoms with E-state index < -0.39 is 5.97 Å². The molecule has 5 heteroatoms. The fourth-order valence-electron chi connectivity index (χ4n) is 2.27. The molecule has 0 radical (unpaired) electrons. The van der Waals surface area contributed by atoms with Crippen LogP contribution in [0.15, 0.2) is 18.3 Å². The zero-order valence-electron chi connectivity index (χ0n) is 9.64. The van der Waals surface area contributed by atoms with E-state index in [0.29, 0.717) is 25.2 Å². The van der Waals surface area contributed by atoms with E-state index in [2.05, 4.69) is 4.98 Å². The van der Waals surface area contributed by atoms with E-state index in [-0.39, 0.29) is 17.8 Å². The second-order valence-electron chi connectivity index (χ2n) is 4.44. The maximum atomic E-state index is 12.8. The topological polar surface area (TPSA) is 53.4 Å². The number of aromatic nitrogens is 1. The van der Waals surface area contributed by atoms with Crippen molar-refractivity contribution in [3.63, 3.8) is 0 Å². The Kier molecular flexibility index (Phi) is 3.26. The van der Waals surface area contributed by atoms with E-state index in [1.165, 1.54) is 12.3 Å². The van der Waals surface area contributed by atoms with Gasteiger partial charge in [0, 0.05) is 12.6 Å². The smallest absolute Gasteiger partial charge is 0.306 e. The van der Waals surface area contributed by atoms with Crippen molar-refractivity contribution in [3.05, 3.63) is 24.1 Å². The summed E-state index contributed by atoms with van der Waals surface area (Å²) in [6.45, 7) is 2.62. The number of halogens is 1. The highest BCUT2D eigenvalue weighted by molar-refractivity contribution is 5.70. The minimum atomic E-state index is -0.733. The maximum Gasteiger partial charge on any atom is 0.306 e. The Labute approximate surface area is 99.1 Å². The van der Waals surface area contributed by atoms with Crippen molar-refractivity contribution in [3.8, 4) is 0 Å². The standard InChI is InChI=1S/C12H15FN2O2/c1-8-6-9(12(16)17)4-5-15(8)11-3-2-10(13)7-14-11/h2-3,7-9H,4-6H2,1H3,(H,16,17). The van der Waals surface area contributed by atoms with Crippen LogP contribution in [0.25, 0.3) is 0 Å². The number of aliphatic carboxylic acids is 1. The summed E-state index contributed by atoms with van der Waals surface area (Å²) in [5.74, 6) is -0.658. The van der Waals surface area contributed by atoms with Gasteiger partial charge < -0.3 is 10.0 Å². The van der Waals surface area contributed by atoms with Gasteiger partial charge in [-0.25, -0.2) is 9.37 Å². The van der Waals surface area contributed by atoms with Gasteiger partial charge in [0.25, 0.3) is 0 Å². The third-order valence-corrected chi connectivity index (χ3v) is 3.23. The van der Waals surface area contributed by atoms with Gasteiger partial charge in [0.2, 0.25) is 0 Å². The van der Waals surface area contributed by atoms with E-state index in [0.717, 1.165) is 0 Å². The Hall–Kier alpha value is -1.65. The molecule has 1 aliphatic heterocycles. The number of hydrogen-bond acceptors (Lipinski definition) is 3. The Morgan fingerprint density at radius 2 is 2.35 bits per heavy atom. The zero-order chi connectivity index (χ0) is 12.4. The maximum absolute atomic E-state index is 12.8. The number of carbonyl (C=O) groups is 1. The number of carboxylic acids is 1. The minimum Gasteiger partial charge on any atom is -0.481 e. The molecule has 0 saturated carbocycles. The number of piperidine rings is 1. The first-order chi connectivity index (χ1) is 8.08. The van der Waals surface area contributed by atoms with Crippen molar-refractivity contribution in [1.29, 1.82) is 0 Å². The van der Waals surface area contributed by atoms with Crippen LogP contribution in [-0.4, -0.2) is 28.6 Å². The van der Waals surface area contributed by atoms with Gasteiger partial charge in [-0.05, 0) is 31.9 Å². The summed E-state index contributed by atoms with van der Waals surface area (Å²) < 4.78 is 12.8. The second-order valence-corrected chi connectivity index (χ2v) is 4.44. The Balaban J connectivity index is 2.09. The number of nitrogens with zero attached hydrogens (tertiary/aromatic N) is 2. The van der Waals surface area contributed by atoms with Crippen molar-refractivity contribution >= 4 is 11.8 Å². The summed E-state index contributed by atoms with van der Waals surface area (Å²) in [5, 5.41) is 8.97. The van der Waals surface area contributed by atoms with Crippen LogP contribution in [0.3, 0.4) is 0 Å². The zero-order valence-corrected chi connectivity index (χ0v) is 9.64. The molecule has 17 heavy (non-hydrogen) atoms. The van der Waals surface area contributed by atoms with Crippen molar-refractivity contribution in [1.82, 2.24) is 4.98 Å². The molecule has 0 aliphatic carbocycles. The number of anilines is 1. The molecule has 92 valence electrons. The highest BCUT2D eigenvalue weighted by Gasteiger charge is 2.30. The lowest BCUT2D eigenvalue weighted by molar-refractivity contribution is -0.142. The van der Waals surface area contributed by atoms with E-state index >= 15 is 0 Å². The summed E-state index contributed by atoms with van der Waals surface area (Å²) in [5.41, 5.74) is 0. The van der Waals surface area contributed by atoms with E-state index in [4.69, 9.17) is 5.11 Å². The van der Waals surface area contributed by atoms with Crippen molar-refractivity contribution in [2.75, 3.05) is 11.4 Å². The summed E-state index contributed by atoms with van der Waals surface area (Å²) in [6, 6.07) is 3.12. The minimum absolute atomic E-state index is 0.114. The third kappa shape index (κ3) is 2.54. The molecule has 0 amide bonds. The number of hydrogen-bond donors (Lipinski definition) is 1. The molecule has 1 saturated heterocycles. The first-order valence-electron chi connectivity index (χ1n) is 5.69. The summed E-state index contributed by atoms with van der Waals surface area (Å²) in [7, 11) is 0. The van der Waals surface area contributed by atoms with Gasteiger partial charge in [-0.1, -0.05) is 0 Å². The van der Waals surface area contributed by atoms with E-state index in [1.54, 1.807) is 6.07 Å². The lowest BCUT2D eigenvalue weighted by Gasteiger charge is -2.37. The Morgan fingerprint density at radius 3 is 2.88 bits per heavy atom. The molecule has 0 bridgehead atoms. The van der Waals surface area contributed by atoms with Gasteiger partial charge in [0.15, 0.2) is 0 Å². The lowest BCUT2D eigenvalue weighted by Crippen LogP contribution is -2.43. The van der Waals surface area contributed by atoms with Gasteiger partial charge in [-0.2, -0.15) is 0 Å². The summed E-state index contributed by atoms with van der Waals surface area (Å²) >= 11 is 0. The molecule has 1 aliphatic rings. The van der Waals surface area contributed by atoms with Crippen LogP contribution in [0.5, 0.6) is 0 Å². The molecule has 2 atom stereocenters. The van der Waals surface area contributed by atoms with Gasteiger partial charge in [-0.15, -0.1) is 0 Å². The normalized spacial score (nSPS) is 24.7. The molecule has 1 N–H and O–H groups in total. The number of pyridine rings is 1. The van der Waals surface area contributed by atoms with Crippen molar-refractivity contribution < 1.29 is 14.3 Å². The fraction of sp³-hybridized carbons (Fsp3) is 0.500. The summed E-state index contributed by atoms with van der Waals surface area (Å²) in [6.07, 6.45) is 2.40. The largest absolute Gasteiger partial charge is 0.481 e. The van der Waals surface area contributed by atoms with E-state index in [9.17, 15) is 9.18 Å². The quantitative estimate of drug-likeness (QED) is 0.855. The molecule has 1 fully saturated rings. The predicted molar refractivity (Wildman–Crippen MR) is 61.4 cm³/mol. The first kappa shape index (κ1) is 11.8. The highest BCUT2D eigenvalue weighted by atomic mass is 19.1. The molecule has 4 nitrogen and oxygen atoms in total. The SMILES string of the molecule is CC1CC(C(=O)O)CCN1c1ccc(F)cn1. The monoisotopic (exact) mass is 238 g/mol. The Morgan fingerprint density at radius 1 is 1.59 bits per heavy atom. The molecule has 2 unspecified atom stereocenters. The average molecular weight is 238 g/mol. The second kappa shape index (κ2) is 4.69. The van der Waals surface area contributed by atoms with Crippen LogP contribution in [0.2, 0.25) is 0 Å². The molecule has 1 aromatic heterocycles. The van der Waals surface area contributed by atoms with Crippen LogP contribution in [0.4, 0.5) is 10.2 Å². The fourth-order valence-corrected chi connectivity index (χ4v) is 2.27. The molecule has 1 aromatic rings. The van der Waals surface area contributed by atoms with Gasteiger partial charge >= 0.3 is 5.97 Å². The van der Waals surface area contributed by atoms with Crippen LogP contribution in [0, 0.1) is 11.7 Å². The molecule has 0 spiro atoms. The molecule has 0 aromatic carbocycles. The highest BCUT2D eigenvalue weighted by Crippen LogP contribution is 2.26. The molecular weight excluding hydrogens is 223 g/mol. The van der Waals surface area contributed by atoms with E-state index in [1.807, 2.05) is 11.8 Å². The first-order valence-corrected chi connectivity index (χ1v) is 5.69. The molecular formula is C12H15FN2O2. The predicted octanol–water partition coefficient (Wildman–Crippen LogP) is 1.91. The number of carboxylic acid groups (broad SMARTS) is 1. The van der Waals surface area contributed by atoms with Crippen LogP contribution >= 0.6 is 0 Å². The van der Waals surface area contributed by atoms with Gasteiger partial charge in [-0.3, -0.25) is 4.79 Å². The van der Waals surface area contributed by atoms with Crippen LogP contribution < -0.4 is 4.90 Å². The Bertz CT molecular complexity index is 407. The van der Waals surface area contributed by atoms with Crippen molar-refractivity contribution in [2.45, 2.75) is 25.8 Å². The molecule has 2 heterocycles.